The summed E-state index contributed by atoms with van der Waals surface area (Å²) in [4.78, 5) is 35.8. The van der Waals surface area contributed by atoms with Crippen molar-refractivity contribution >= 4 is 23.4 Å². The van der Waals surface area contributed by atoms with Crippen LogP contribution in [-0.4, -0.2) is 17.7 Å². The Balaban J connectivity index is 1.77. The maximum absolute atomic E-state index is 12.0. The van der Waals surface area contributed by atoms with Crippen LogP contribution in [0.4, 0.5) is 5.69 Å². The first-order valence-electron chi connectivity index (χ1n) is 8.38. The van der Waals surface area contributed by atoms with Crippen LogP contribution in [0.15, 0.2) is 42.5 Å². The van der Waals surface area contributed by atoms with E-state index in [1.54, 1.807) is 18.2 Å². The average Bonchev–Trinajstić information content (AvgIpc) is 2.61. The Labute approximate surface area is 153 Å². The number of aryl methyl sites for hydroxylation is 3. The molecule has 3 N–H and O–H groups in total. The van der Waals surface area contributed by atoms with E-state index >= 15 is 0 Å². The van der Waals surface area contributed by atoms with Gasteiger partial charge in [0.25, 0.3) is 5.91 Å². The van der Waals surface area contributed by atoms with Crippen molar-refractivity contribution < 1.29 is 14.4 Å². The zero-order valence-corrected chi connectivity index (χ0v) is 15.2. The van der Waals surface area contributed by atoms with Gasteiger partial charge in [0, 0.05) is 24.1 Å². The Morgan fingerprint density at radius 2 is 1.50 bits per heavy atom. The molecule has 0 aliphatic carbocycles. The number of amides is 3. The van der Waals surface area contributed by atoms with E-state index < -0.39 is 11.8 Å². The molecule has 2 aromatic carbocycles. The molecule has 0 spiro atoms. The van der Waals surface area contributed by atoms with E-state index in [9.17, 15) is 14.4 Å². The molecular formula is C20H23N3O3. The lowest BCUT2D eigenvalue weighted by Crippen LogP contribution is -2.41. The van der Waals surface area contributed by atoms with Gasteiger partial charge in [0.15, 0.2) is 0 Å². The monoisotopic (exact) mass is 353 g/mol. The molecule has 0 aliphatic heterocycles. The molecule has 0 aromatic heterocycles. The zero-order chi connectivity index (χ0) is 19.1. The van der Waals surface area contributed by atoms with Crippen LogP contribution in [0.3, 0.4) is 0 Å². The van der Waals surface area contributed by atoms with Gasteiger partial charge in [-0.15, -0.1) is 0 Å². The maximum Gasteiger partial charge on any atom is 0.269 e. The molecule has 136 valence electrons. The lowest BCUT2D eigenvalue weighted by molar-refractivity contribution is -0.124. The number of hydrazine groups is 1. The molecular weight excluding hydrogens is 330 g/mol. The third-order valence-electron chi connectivity index (χ3n) is 3.84. The molecule has 0 heterocycles. The highest BCUT2D eigenvalue weighted by molar-refractivity contribution is 5.96. The first-order chi connectivity index (χ1) is 12.3. The van der Waals surface area contributed by atoms with Gasteiger partial charge in [-0.2, -0.15) is 0 Å². The Kier molecular flexibility index (Phi) is 6.49. The second-order valence-electron chi connectivity index (χ2n) is 6.24. The van der Waals surface area contributed by atoms with E-state index in [1.807, 2.05) is 45.0 Å². The minimum atomic E-state index is -0.429. The number of hydrogen-bond donors (Lipinski definition) is 3. The number of hydrogen-bond acceptors (Lipinski definition) is 3. The molecule has 0 bridgehead atoms. The van der Waals surface area contributed by atoms with E-state index in [2.05, 4.69) is 16.2 Å². The predicted octanol–water partition coefficient (Wildman–Crippen LogP) is 2.79. The van der Waals surface area contributed by atoms with Gasteiger partial charge in [-0.3, -0.25) is 25.2 Å². The minimum absolute atomic E-state index is 0.0230. The fraction of sp³-hybridized carbons (Fsp3) is 0.250. The predicted molar refractivity (Wildman–Crippen MR) is 101 cm³/mol. The fourth-order valence-electron chi connectivity index (χ4n) is 2.36. The standard InChI is InChI=1S/C20H23N3O3/c1-13-5-4-6-16(11-13)20(26)23-22-19(25)10-9-18(24)21-17-12-14(2)7-8-15(17)3/h4-8,11-12H,9-10H2,1-3H3,(H,21,24)(H,22,25)(H,23,26). The summed E-state index contributed by atoms with van der Waals surface area (Å²) in [5.41, 5.74) is 8.82. The quantitative estimate of drug-likeness (QED) is 0.722. The summed E-state index contributed by atoms with van der Waals surface area (Å²) in [5.74, 6) is -1.08. The van der Waals surface area contributed by atoms with Crippen LogP contribution in [0.25, 0.3) is 0 Å². The molecule has 0 saturated carbocycles. The summed E-state index contributed by atoms with van der Waals surface area (Å²) in [7, 11) is 0. The molecule has 6 nitrogen and oxygen atoms in total. The topological polar surface area (TPSA) is 87.3 Å². The lowest BCUT2D eigenvalue weighted by atomic mass is 10.1. The maximum atomic E-state index is 12.0. The first kappa shape index (κ1) is 19.2. The lowest BCUT2D eigenvalue weighted by Gasteiger charge is -2.10. The number of anilines is 1. The van der Waals surface area contributed by atoms with Crippen molar-refractivity contribution in [2.24, 2.45) is 0 Å². The van der Waals surface area contributed by atoms with Gasteiger partial charge >= 0.3 is 0 Å². The Bertz CT molecular complexity index is 831. The molecule has 0 saturated heterocycles. The van der Waals surface area contributed by atoms with Gasteiger partial charge in [-0.1, -0.05) is 29.8 Å². The minimum Gasteiger partial charge on any atom is -0.326 e. The molecule has 2 aromatic rings. The molecule has 26 heavy (non-hydrogen) atoms. The smallest absolute Gasteiger partial charge is 0.269 e. The van der Waals surface area contributed by atoms with E-state index in [0.717, 1.165) is 22.4 Å². The number of nitrogens with one attached hydrogen (secondary N) is 3. The number of carbonyl (C=O) groups excluding carboxylic acids is 3. The molecule has 3 amide bonds. The molecule has 2 rings (SSSR count). The molecule has 0 radical (unpaired) electrons. The highest BCUT2D eigenvalue weighted by atomic mass is 16.2. The summed E-state index contributed by atoms with van der Waals surface area (Å²) in [5, 5.41) is 2.80. The summed E-state index contributed by atoms with van der Waals surface area (Å²) >= 11 is 0. The third-order valence-corrected chi connectivity index (χ3v) is 3.84. The Hall–Kier alpha value is -3.15. The summed E-state index contributed by atoms with van der Waals surface area (Å²) in [6, 6.07) is 12.8. The molecule has 0 fully saturated rings. The van der Waals surface area contributed by atoms with Crippen molar-refractivity contribution in [2.45, 2.75) is 33.6 Å². The number of benzene rings is 2. The van der Waals surface area contributed by atoms with Crippen LogP contribution in [0, 0.1) is 20.8 Å². The van der Waals surface area contributed by atoms with Crippen molar-refractivity contribution in [2.75, 3.05) is 5.32 Å². The normalized spacial score (nSPS) is 10.1. The SMILES string of the molecule is Cc1cccc(C(=O)NNC(=O)CCC(=O)Nc2cc(C)ccc2C)c1. The van der Waals surface area contributed by atoms with Crippen molar-refractivity contribution in [3.63, 3.8) is 0 Å². The highest BCUT2D eigenvalue weighted by Crippen LogP contribution is 2.16. The second kappa shape index (κ2) is 8.80. The molecule has 0 atom stereocenters. The second-order valence-corrected chi connectivity index (χ2v) is 6.24. The van der Waals surface area contributed by atoms with Gasteiger partial charge in [0.05, 0.1) is 0 Å². The molecule has 0 aliphatic rings. The van der Waals surface area contributed by atoms with E-state index in [-0.39, 0.29) is 18.7 Å². The van der Waals surface area contributed by atoms with Gasteiger partial charge in [-0.05, 0) is 50.1 Å². The van der Waals surface area contributed by atoms with Crippen LogP contribution >= 0.6 is 0 Å². The van der Waals surface area contributed by atoms with Gasteiger partial charge < -0.3 is 5.32 Å². The van der Waals surface area contributed by atoms with Crippen LogP contribution in [-0.2, 0) is 9.59 Å². The first-order valence-corrected chi connectivity index (χ1v) is 8.38. The van der Waals surface area contributed by atoms with E-state index in [4.69, 9.17) is 0 Å². The molecule has 6 heteroatoms. The summed E-state index contributed by atoms with van der Waals surface area (Å²) in [6.07, 6.45) is 0.00429. The number of carbonyl (C=O) groups is 3. The van der Waals surface area contributed by atoms with Crippen LogP contribution in [0.2, 0.25) is 0 Å². The Morgan fingerprint density at radius 1 is 0.808 bits per heavy atom. The van der Waals surface area contributed by atoms with Crippen molar-refractivity contribution in [1.82, 2.24) is 10.9 Å². The van der Waals surface area contributed by atoms with Gasteiger partial charge in [-0.25, -0.2) is 0 Å². The fourth-order valence-corrected chi connectivity index (χ4v) is 2.36. The third kappa shape index (κ3) is 5.73. The van der Waals surface area contributed by atoms with Crippen LogP contribution in [0.5, 0.6) is 0 Å². The van der Waals surface area contributed by atoms with Crippen molar-refractivity contribution in [3.05, 3.63) is 64.7 Å². The van der Waals surface area contributed by atoms with Crippen LogP contribution < -0.4 is 16.2 Å². The van der Waals surface area contributed by atoms with E-state index in [1.165, 1.54) is 0 Å². The molecule has 0 unspecified atom stereocenters. The van der Waals surface area contributed by atoms with Gasteiger partial charge in [0.1, 0.15) is 0 Å². The Morgan fingerprint density at radius 3 is 2.23 bits per heavy atom. The van der Waals surface area contributed by atoms with Gasteiger partial charge in [0.2, 0.25) is 11.8 Å². The zero-order valence-electron chi connectivity index (χ0n) is 15.2. The summed E-state index contributed by atoms with van der Waals surface area (Å²) < 4.78 is 0. The van der Waals surface area contributed by atoms with Crippen molar-refractivity contribution in [1.29, 1.82) is 0 Å². The van der Waals surface area contributed by atoms with E-state index in [0.29, 0.717) is 5.56 Å². The van der Waals surface area contributed by atoms with Crippen molar-refractivity contribution in [3.8, 4) is 0 Å². The highest BCUT2D eigenvalue weighted by Gasteiger charge is 2.10. The summed E-state index contributed by atoms with van der Waals surface area (Å²) in [6.45, 7) is 5.73. The van der Waals surface area contributed by atoms with Crippen LogP contribution in [0.1, 0.15) is 39.9 Å². The largest absolute Gasteiger partial charge is 0.326 e. The average molecular weight is 353 g/mol. The number of rotatable bonds is 5.